The van der Waals surface area contributed by atoms with Crippen LogP contribution in [0, 0.1) is 17.2 Å². The molecule has 0 bridgehead atoms. The summed E-state index contributed by atoms with van der Waals surface area (Å²) in [6, 6.07) is 5.69. The lowest BCUT2D eigenvalue weighted by atomic mass is 9.67. The minimum atomic E-state index is -0.342. The molecule has 1 aromatic rings. The van der Waals surface area contributed by atoms with Gasteiger partial charge in [-0.25, -0.2) is 4.39 Å². The second-order valence-corrected chi connectivity index (χ2v) is 8.17. The number of benzene rings is 1. The van der Waals surface area contributed by atoms with Gasteiger partial charge in [-0.15, -0.1) is 12.4 Å². The average molecular weight is 410 g/mol. The van der Waals surface area contributed by atoms with Crippen LogP contribution in [0.1, 0.15) is 42.5 Å². The highest BCUT2D eigenvalue weighted by molar-refractivity contribution is 5.94. The highest BCUT2D eigenvalue weighted by Crippen LogP contribution is 2.45. The number of carbonyl (C=O) groups is 2. The van der Waals surface area contributed by atoms with Crippen LogP contribution in [0.3, 0.4) is 0 Å². The van der Waals surface area contributed by atoms with Crippen LogP contribution in [0.25, 0.3) is 0 Å². The molecule has 2 atom stereocenters. The SMILES string of the molecule is Cl.O=C(c1ccc(F)cc1)N1CCCN(C(=O)[C@@]23CCCC[C@H]2CNC3)CC1. The number of nitrogens with one attached hydrogen (secondary N) is 1. The molecule has 3 fully saturated rings. The van der Waals surface area contributed by atoms with Gasteiger partial charge in [0.2, 0.25) is 5.91 Å². The number of hydrogen-bond donors (Lipinski definition) is 1. The Morgan fingerprint density at radius 3 is 2.50 bits per heavy atom. The molecule has 1 aromatic carbocycles. The van der Waals surface area contributed by atoms with Gasteiger partial charge in [0.05, 0.1) is 5.41 Å². The molecule has 1 N–H and O–H groups in total. The molecule has 28 heavy (non-hydrogen) atoms. The van der Waals surface area contributed by atoms with Gasteiger partial charge in [-0.3, -0.25) is 9.59 Å². The van der Waals surface area contributed by atoms with Gasteiger partial charge in [0.15, 0.2) is 0 Å². The predicted molar refractivity (Wildman–Crippen MR) is 108 cm³/mol. The Balaban J connectivity index is 0.00000225. The van der Waals surface area contributed by atoms with Crippen molar-refractivity contribution in [3.05, 3.63) is 35.6 Å². The van der Waals surface area contributed by atoms with Crippen LogP contribution in [0.15, 0.2) is 24.3 Å². The van der Waals surface area contributed by atoms with Gasteiger partial charge in [-0.2, -0.15) is 0 Å². The molecule has 7 heteroatoms. The zero-order chi connectivity index (χ0) is 18.9. The Labute approximate surface area is 172 Å². The topological polar surface area (TPSA) is 52.7 Å². The Bertz CT molecular complexity index is 714. The molecule has 3 aliphatic rings. The van der Waals surface area contributed by atoms with Crippen LogP contribution in [-0.2, 0) is 4.79 Å². The first-order chi connectivity index (χ1) is 13.1. The highest BCUT2D eigenvalue weighted by atomic mass is 35.5. The van der Waals surface area contributed by atoms with E-state index < -0.39 is 0 Å². The molecule has 0 aromatic heterocycles. The minimum absolute atomic E-state index is 0. The van der Waals surface area contributed by atoms with Gasteiger partial charge in [0.25, 0.3) is 5.91 Å². The van der Waals surface area contributed by atoms with E-state index in [1.54, 1.807) is 4.90 Å². The third kappa shape index (κ3) is 3.90. The van der Waals surface area contributed by atoms with E-state index in [4.69, 9.17) is 0 Å². The summed E-state index contributed by atoms with van der Waals surface area (Å²) in [6.07, 6.45) is 5.26. The smallest absolute Gasteiger partial charge is 0.253 e. The molecule has 2 heterocycles. The molecule has 2 aliphatic heterocycles. The Morgan fingerprint density at radius 1 is 1.00 bits per heavy atom. The van der Waals surface area contributed by atoms with Crippen LogP contribution in [0.5, 0.6) is 0 Å². The second-order valence-electron chi connectivity index (χ2n) is 8.17. The van der Waals surface area contributed by atoms with Crippen LogP contribution >= 0.6 is 12.4 Å². The normalized spacial score (nSPS) is 27.5. The summed E-state index contributed by atoms with van der Waals surface area (Å²) in [5.74, 6) is 0.318. The standard InChI is InChI=1S/C21H28FN3O2.ClH/c22-18-7-5-16(6-8-18)19(26)24-10-3-11-25(13-12-24)20(27)21-9-2-1-4-17(21)14-23-15-21;/h5-8,17,23H,1-4,9-15H2;1H/t17-,21+;/m0./s1. The molecule has 2 saturated heterocycles. The highest BCUT2D eigenvalue weighted by Gasteiger charge is 2.51. The number of nitrogens with zero attached hydrogens (tertiary/aromatic N) is 2. The van der Waals surface area contributed by atoms with Crippen molar-refractivity contribution in [2.45, 2.75) is 32.1 Å². The van der Waals surface area contributed by atoms with E-state index in [2.05, 4.69) is 5.32 Å². The molecule has 4 rings (SSSR count). The van der Waals surface area contributed by atoms with Gasteiger partial charge < -0.3 is 15.1 Å². The van der Waals surface area contributed by atoms with E-state index >= 15 is 0 Å². The third-order valence-corrected chi connectivity index (χ3v) is 6.63. The van der Waals surface area contributed by atoms with Gasteiger partial charge in [0, 0.05) is 38.3 Å². The molecule has 2 amide bonds. The van der Waals surface area contributed by atoms with Gasteiger partial charge in [-0.05, 0) is 56.0 Å². The number of carbonyl (C=O) groups excluding carboxylic acids is 2. The molecular weight excluding hydrogens is 381 g/mol. The zero-order valence-corrected chi connectivity index (χ0v) is 17.0. The lowest BCUT2D eigenvalue weighted by molar-refractivity contribution is -0.145. The van der Waals surface area contributed by atoms with Crippen LogP contribution in [-0.4, -0.2) is 60.9 Å². The largest absolute Gasteiger partial charge is 0.340 e. The van der Waals surface area contributed by atoms with Crippen molar-refractivity contribution in [2.24, 2.45) is 11.3 Å². The molecule has 0 spiro atoms. The zero-order valence-electron chi connectivity index (χ0n) is 16.2. The fourth-order valence-electron chi connectivity index (χ4n) is 5.08. The third-order valence-electron chi connectivity index (χ3n) is 6.63. The molecule has 0 radical (unpaired) electrons. The van der Waals surface area contributed by atoms with Gasteiger partial charge in [0.1, 0.15) is 5.82 Å². The lowest BCUT2D eigenvalue weighted by Gasteiger charge is -2.40. The summed E-state index contributed by atoms with van der Waals surface area (Å²) in [5, 5.41) is 3.45. The van der Waals surface area contributed by atoms with E-state index in [0.29, 0.717) is 37.7 Å². The van der Waals surface area contributed by atoms with Crippen molar-refractivity contribution in [3.63, 3.8) is 0 Å². The molecular formula is C21H29ClFN3O2. The fraction of sp³-hybridized carbons (Fsp3) is 0.619. The first kappa shape index (κ1) is 21.1. The van der Waals surface area contributed by atoms with Gasteiger partial charge >= 0.3 is 0 Å². The monoisotopic (exact) mass is 409 g/mol. The van der Waals surface area contributed by atoms with Crippen molar-refractivity contribution >= 4 is 24.2 Å². The summed E-state index contributed by atoms with van der Waals surface area (Å²) in [5.41, 5.74) is 0.274. The molecule has 0 unspecified atom stereocenters. The molecule has 154 valence electrons. The average Bonchev–Trinajstić information content (AvgIpc) is 2.98. The van der Waals surface area contributed by atoms with Crippen molar-refractivity contribution < 1.29 is 14.0 Å². The number of hydrogen-bond acceptors (Lipinski definition) is 3. The number of fused-ring (bicyclic) bond motifs is 1. The van der Waals surface area contributed by atoms with Crippen molar-refractivity contribution in [1.82, 2.24) is 15.1 Å². The Kier molecular flexibility index (Phi) is 6.61. The van der Waals surface area contributed by atoms with Crippen LogP contribution in [0.4, 0.5) is 4.39 Å². The Hall–Kier alpha value is -1.66. The van der Waals surface area contributed by atoms with Crippen molar-refractivity contribution in [3.8, 4) is 0 Å². The first-order valence-corrected chi connectivity index (χ1v) is 10.2. The van der Waals surface area contributed by atoms with E-state index in [9.17, 15) is 14.0 Å². The molecule has 1 saturated carbocycles. The predicted octanol–water partition coefficient (Wildman–Crippen LogP) is 2.70. The molecule has 5 nitrogen and oxygen atoms in total. The number of rotatable bonds is 2. The van der Waals surface area contributed by atoms with Crippen molar-refractivity contribution in [2.75, 3.05) is 39.3 Å². The molecule has 1 aliphatic carbocycles. The van der Waals surface area contributed by atoms with E-state index in [1.165, 1.54) is 30.7 Å². The maximum Gasteiger partial charge on any atom is 0.253 e. The summed E-state index contributed by atoms with van der Waals surface area (Å²) >= 11 is 0. The maximum absolute atomic E-state index is 13.4. The van der Waals surface area contributed by atoms with Crippen LogP contribution < -0.4 is 5.32 Å². The summed E-state index contributed by atoms with van der Waals surface area (Å²) < 4.78 is 13.1. The second kappa shape index (κ2) is 8.78. The van der Waals surface area contributed by atoms with Gasteiger partial charge in [-0.1, -0.05) is 12.8 Å². The van der Waals surface area contributed by atoms with Crippen molar-refractivity contribution in [1.29, 1.82) is 0 Å². The van der Waals surface area contributed by atoms with Crippen LogP contribution in [0.2, 0.25) is 0 Å². The van der Waals surface area contributed by atoms with E-state index in [0.717, 1.165) is 38.8 Å². The van der Waals surface area contributed by atoms with E-state index in [-0.39, 0.29) is 35.5 Å². The minimum Gasteiger partial charge on any atom is -0.340 e. The lowest BCUT2D eigenvalue weighted by Crippen LogP contribution is -2.50. The first-order valence-electron chi connectivity index (χ1n) is 10.2. The summed E-state index contributed by atoms with van der Waals surface area (Å²) in [4.78, 5) is 29.9. The fourth-order valence-corrected chi connectivity index (χ4v) is 5.08. The maximum atomic E-state index is 13.4. The Morgan fingerprint density at radius 2 is 1.71 bits per heavy atom. The quantitative estimate of drug-likeness (QED) is 0.817. The number of amides is 2. The van der Waals surface area contributed by atoms with E-state index in [1.807, 2.05) is 4.90 Å². The summed E-state index contributed by atoms with van der Waals surface area (Å²) in [7, 11) is 0. The summed E-state index contributed by atoms with van der Waals surface area (Å²) in [6.45, 7) is 4.21. The number of halogens is 2.